The first-order valence-electron chi connectivity index (χ1n) is 4.60. The molecular formula is C9H15F2N3. The molecule has 0 bridgehead atoms. The van der Waals surface area contributed by atoms with Crippen molar-refractivity contribution < 1.29 is 8.78 Å². The summed E-state index contributed by atoms with van der Waals surface area (Å²) >= 11 is 0. The van der Waals surface area contributed by atoms with Crippen LogP contribution in [0.5, 0.6) is 0 Å². The molecule has 5 heteroatoms. The van der Waals surface area contributed by atoms with E-state index in [9.17, 15) is 8.78 Å². The maximum atomic E-state index is 12.7. The van der Waals surface area contributed by atoms with E-state index in [1.807, 2.05) is 0 Å². The number of halogens is 2. The Hall–Kier alpha value is -0.970. The minimum atomic E-state index is -2.70. The highest BCUT2D eigenvalue weighted by molar-refractivity contribution is 4.99. The predicted octanol–water partition coefficient (Wildman–Crippen LogP) is 1.43. The number of alkyl halides is 2. The molecule has 1 rings (SSSR count). The Balaban J connectivity index is 2.63. The van der Waals surface area contributed by atoms with E-state index in [0.29, 0.717) is 13.0 Å². The van der Waals surface area contributed by atoms with E-state index in [2.05, 4.69) is 4.98 Å². The van der Waals surface area contributed by atoms with Crippen molar-refractivity contribution in [1.29, 1.82) is 0 Å². The minimum Gasteiger partial charge on any atom is -0.330 e. The fourth-order valence-electron chi connectivity index (χ4n) is 1.28. The van der Waals surface area contributed by atoms with Crippen molar-refractivity contribution in [3.8, 4) is 0 Å². The Morgan fingerprint density at radius 1 is 1.57 bits per heavy atom. The van der Waals surface area contributed by atoms with Gasteiger partial charge in [-0.3, -0.25) is 0 Å². The van der Waals surface area contributed by atoms with Crippen molar-refractivity contribution in [2.75, 3.05) is 6.54 Å². The lowest BCUT2D eigenvalue weighted by Crippen LogP contribution is -2.20. The van der Waals surface area contributed by atoms with Crippen LogP contribution in [0.25, 0.3) is 0 Å². The highest BCUT2D eigenvalue weighted by Crippen LogP contribution is 2.16. The zero-order valence-corrected chi connectivity index (χ0v) is 8.21. The molecule has 0 aliphatic carbocycles. The van der Waals surface area contributed by atoms with Crippen LogP contribution in [0.1, 0.15) is 19.0 Å². The van der Waals surface area contributed by atoms with Gasteiger partial charge in [-0.1, -0.05) is 0 Å². The van der Waals surface area contributed by atoms with E-state index < -0.39 is 5.92 Å². The van der Waals surface area contributed by atoms with Gasteiger partial charge in [-0.25, -0.2) is 13.8 Å². The van der Waals surface area contributed by atoms with Crippen molar-refractivity contribution in [2.45, 2.75) is 32.2 Å². The smallest absolute Gasteiger partial charge is 0.262 e. The first kappa shape index (κ1) is 11.1. The van der Waals surface area contributed by atoms with Crippen molar-refractivity contribution >= 4 is 0 Å². The molecule has 0 unspecified atom stereocenters. The van der Waals surface area contributed by atoms with Gasteiger partial charge in [0.25, 0.3) is 5.92 Å². The van der Waals surface area contributed by atoms with E-state index in [-0.39, 0.29) is 6.54 Å². The van der Waals surface area contributed by atoms with Gasteiger partial charge in [0, 0.05) is 18.8 Å². The molecule has 80 valence electrons. The number of nitrogens with two attached hydrogens (primary N) is 1. The van der Waals surface area contributed by atoms with Crippen LogP contribution in [0.3, 0.4) is 0 Å². The van der Waals surface area contributed by atoms with Crippen molar-refractivity contribution in [3.05, 3.63) is 18.2 Å². The van der Waals surface area contributed by atoms with Gasteiger partial charge in [-0.05, 0) is 19.4 Å². The first-order chi connectivity index (χ1) is 6.53. The molecule has 1 aromatic heterocycles. The standard InChI is InChI=1S/C9H15F2N3/c1-9(10,11)6-14-7-13-5-8(14)3-2-4-12/h5,7H,2-4,6,12H2,1H3. The normalized spacial score (nSPS) is 12.0. The van der Waals surface area contributed by atoms with Gasteiger partial charge in [0.05, 0.1) is 12.9 Å². The van der Waals surface area contributed by atoms with E-state index in [0.717, 1.165) is 19.0 Å². The molecule has 0 saturated carbocycles. The van der Waals surface area contributed by atoms with Crippen LogP contribution < -0.4 is 5.73 Å². The zero-order valence-electron chi connectivity index (χ0n) is 8.21. The minimum absolute atomic E-state index is 0.313. The summed E-state index contributed by atoms with van der Waals surface area (Å²) in [6.07, 6.45) is 4.54. The number of hydrogen-bond donors (Lipinski definition) is 1. The number of aryl methyl sites for hydroxylation is 1. The van der Waals surface area contributed by atoms with Crippen LogP contribution in [0.4, 0.5) is 8.78 Å². The monoisotopic (exact) mass is 203 g/mol. The Labute approximate surface area is 81.9 Å². The van der Waals surface area contributed by atoms with Crippen LogP contribution in [0, 0.1) is 0 Å². The Bertz CT molecular complexity index is 278. The summed E-state index contributed by atoms with van der Waals surface area (Å²) in [7, 11) is 0. The Morgan fingerprint density at radius 2 is 2.29 bits per heavy atom. The summed E-state index contributed by atoms with van der Waals surface area (Å²) in [5.41, 5.74) is 6.16. The highest BCUT2D eigenvalue weighted by Gasteiger charge is 2.22. The lowest BCUT2D eigenvalue weighted by molar-refractivity contribution is 0.00319. The Kier molecular flexibility index (Phi) is 3.57. The number of nitrogens with zero attached hydrogens (tertiary/aromatic N) is 2. The second-order valence-electron chi connectivity index (χ2n) is 3.48. The third-order valence-electron chi connectivity index (χ3n) is 1.88. The molecule has 0 aromatic carbocycles. The molecule has 1 heterocycles. The quantitative estimate of drug-likeness (QED) is 0.786. The molecule has 0 aliphatic rings. The lowest BCUT2D eigenvalue weighted by atomic mass is 10.2. The largest absolute Gasteiger partial charge is 0.330 e. The van der Waals surface area contributed by atoms with Gasteiger partial charge < -0.3 is 10.3 Å². The molecule has 14 heavy (non-hydrogen) atoms. The van der Waals surface area contributed by atoms with Crippen LogP contribution in [0.2, 0.25) is 0 Å². The SMILES string of the molecule is CC(F)(F)Cn1cncc1CCCN. The maximum absolute atomic E-state index is 12.7. The fraction of sp³-hybridized carbons (Fsp3) is 0.667. The van der Waals surface area contributed by atoms with Crippen LogP contribution in [-0.2, 0) is 13.0 Å². The molecule has 0 spiro atoms. The van der Waals surface area contributed by atoms with Crippen LogP contribution >= 0.6 is 0 Å². The summed E-state index contributed by atoms with van der Waals surface area (Å²) in [5, 5.41) is 0. The second-order valence-corrected chi connectivity index (χ2v) is 3.48. The first-order valence-corrected chi connectivity index (χ1v) is 4.60. The van der Waals surface area contributed by atoms with Gasteiger partial charge in [0.15, 0.2) is 0 Å². The maximum Gasteiger partial charge on any atom is 0.262 e. The molecule has 0 atom stereocenters. The number of rotatable bonds is 5. The average molecular weight is 203 g/mol. The van der Waals surface area contributed by atoms with Gasteiger partial charge in [-0.15, -0.1) is 0 Å². The number of imidazole rings is 1. The van der Waals surface area contributed by atoms with Gasteiger partial charge in [0.1, 0.15) is 0 Å². The molecule has 0 fully saturated rings. The molecule has 0 amide bonds. The summed E-state index contributed by atoms with van der Waals surface area (Å²) in [6.45, 7) is 1.15. The van der Waals surface area contributed by atoms with E-state index in [1.165, 1.54) is 10.9 Å². The molecular weight excluding hydrogens is 188 g/mol. The average Bonchev–Trinajstić information content (AvgIpc) is 2.45. The molecule has 1 aromatic rings. The Morgan fingerprint density at radius 3 is 2.86 bits per heavy atom. The molecule has 0 saturated heterocycles. The molecule has 3 nitrogen and oxygen atoms in total. The summed E-state index contributed by atoms with van der Waals surface area (Å²) in [4.78, 5) is 3.85. The number of hydrogen-bond acceptors (Lipinski definition) is 2. The van der Waals surface area contributed by atoms with Gasteiger partial charge >= 0.3 is 0 Å². The van der Waals surface area contributed by atoms with Gasteiger partial charge in [0.2, 0.25) is 0 Å². The summed E-state index contributed by atoms with van der Waals surface area (Å²) in [6, 6.07) is 0. The molecule has 0 radical (unpaired) electrons. The fourth-order valence-corrected chi connectivity index (χ4v) is 1.28. The number of aromatic nitrogens is 2. The summed E-state index contributed by atoms with van der Waals surface area (Å²) < 4.78 is 26.9. The highest BCUT2D eigenvalue weighted by atomic mass is 19.3. The lowest BCUT2D eigenvalue weighted by Gasteiger charge is -2.13. The summed E-state index contributed by atoms with van der Waals surface area (Å²) in [5.74, 6) is -2.70. The van der Waals surface area contributed by atoms with Crippen LogP contribution in [-0.4, -0.2) is 22.0 Å². The predicted molar refractivity (Wildman–Crippen MR) is 50.2 cm³/mol. The molecule has 0 aliphatic heterocycles. The zero-order chi connectivity index (χ0) is 10.6. The third kappa shape index (κ3) is 3.41. The van der Waals surface area contributed by atoms with E-state index >= 15 is 0 Å². The topological polar surface area (TPSA) is 43.8 Å². The third-order valence-corrected chi connectivity index (χ3v) is 1.88. The van der Waals surface area contributed by atoms with Crippen LogP contribution in [0.15, 0.2) is 12.5 Å². The second kappa shape index (κ2) is 4.50. The van der Waals surface area contributed by atoms with Crippen molar-refractivity contribution in [3.63, 3.8) is 0 Å². The van der Waals surface area contributed by atoms with E-state index in [1.54, 1.807) is 6.20 Å². The molecule has 2 N–H and O–H groups in total. The van der Waals surface area contributed by atoms with Gasteiger partial charge in [-0.2, -0.15) is 0 Å². The van der Waals surface area contributed by atoms with Crippen molar-refractivity contribution in [2.24, 2.45) is 5.73 Å². The van der Waals surface area contributed by atoms with Crippen molar-refractivity contribution in [1.82, 2.24) is 9.55 Å². The van der Waals surface area contributed by atoms with E-state index in [4.69, 9.17) is 5.73 Å².